The first kappa shape index (κ1) is 17.7. The van der Waals surface area contributed by atoms with E-state index in [1.165, 1.54) is 6.33 Å². The van der Waals surface area contributed by atoms with Crippen molar-refractivity contribution in [2.45, 2.75) is 37.8 Å². The Hall–Kier alpha value is -3.39. The molecular weight excluding hydrogens is 366 g/mol. The lowest BCUT2D eigenvalue weighted by molar-refractivity contribution is 0.403. The maximum absolute atomic E-state index is 12.5. The summed E-state index contributed by atoms with van der Waals surface area (Å²) in [6, 6.07) is 9.98. The second kappa shape index (κ2) is 7.21. The number of nitrogens with two attached hydrogens (primary N) is 1. The first-order chi connectivity index (χ1) is 14.2. The summed E-state index contributed by atoms with van der Waals surface area (Å²) in [5, 5.41) is 8.26. The van der Waals surface area contributed by atoms with Gasteiger partial charge in [0.15, 0.2) is 0 Å². The molecule has 1 aliphatic rings. The molecule has 0 spiro atoms. The monoisotopic (exact) mass is 389 g/mol. The van der Waals surface area contributed by atoms with Crippen LogP contribution in [0.4, 0.5) is 17.3 Å². The predicted octanol–water partition coefficient (Wildman–Crippen LogP) is 3.22. The van der Waals surface area contributed by atoms with Crippen LogP contribution in [0.2, 0.25) is 0 Å². The minimum Gasteiger partial charge on any atom is -0.366 e. The zero-order valence-corrected chi connectivity index (χ0v) is 15.9. The SMILES string of the molecule is NC1CCCCC1Nc1cc2nc[nH]c(=O)c2c(Nc2cccc3[nH]ccc23)n1. The third-order valence-electron chi connectivity index (χ3n) is 5.63. The summed E-state index contributed by atoms with van der Waals surface area (Å²) in [7, 11) is 0. The Bertz CT molecular complexity index is 1230. The minimum atomic E-state index is -0.229. The number of aromatic nitrogens is 4. The Labute approximate surface area is 167 Å². The normalized spacial score (nSPS) is 19.5. The van der Waals surface area contributed by atoms with E-state index in [1.54, 1.807) is 0 Å². The van der Waals surface area contributed by atoms with E-state index < -0.39 is 0 Å². The number of rotatable bonds is 4. The number of H-pyrrole nitrogens is 2. The zero-order valence-electron chi connectivity index (χ0n) is 15.9. The van der Waals surface area contributed by atoms with E-state index in [-0.39, 0.29) is 17.6 Å². The number of anilines is 3. The van der Waals surface area contributed by atoms with Crippen LogP contribution in [0.3, 0.4) is 0 Å². The highest BCUT2D eigenvalue weighted by Crippen LogP contribution is 2.29. The Balaban J connectivity index is 1.59. The van der Waals surface area contributed by atoms with Crippen molar-refractivity contribution in [1.82, 2.24) is 19.9 Å². The Morgan fingerprint density at radius 3 is 2.93 bits per heavy atom. The van der Waals surface area contributed by atoms with Gasteiger partial charge in [0, 0.05) is 40.9 Å². The van der Waals surface area contributed by atoms with Gasteiger partial charge in [-0.15, -0.1) is 0 Å². The van der Waals surface area contributed by atoms with Crippen molar-refractivity contribution in [2.24, 2.45) is 5.73 Å². The highest BCUT2D eigenvalue weighted by Gasteiger charge is 2.22. The fraction of sp³-hybridized carbons (Fsp3) is 0.286. The van der Waals surface area contributed by atoms with Gasteiger partial charge in [0.05, 0.1) is 11.8 Å². The van der Waals surface area contributed by atoms with Crippen molar-refractivity contribution >= 4 is 39.1 Å². The van der Waals surface area contributed by atoms with Gasteiger partial charge in [-0.3, -0.25) is 4.79 Å². The lowest BCUT2D eigenvalue weighted by Gasteiger charge is -2.29. The van der Waals surface area contributed by atoms with Crippen LogP contribution in [-0.4, -0.2) is 32.0 Å². The van der Waals surface area contributed by atoms with Crippen LogP contribution in [-0.2, 0) is 0 Å². The van der Waals surface area contributed by atoms with Gasteiger partial charge < -0.3 is 26.3 Å². The highest BCUT2D eigenvalue weighted by molar-refractivity contribution is 5.98. The molecule has 29 heavy (non-hydrogen) atoms. The molecule has 1 aromatic carbocycles. The van der Waals surface area contributed by atoms with Crippen LogP contribution in [0.15, 0.2) is 47.7 Å². The van der Waals surface area contributed by atoms with E-state index in [4.69, 9.17) is 10.7 Å². The molecule has 6 N–H and O–H groups in total. The Morgan fingerprint density at radius 2 is 2.03 bits per heavy atom. The maximum Gasteiger partial charge on any atom is 0.262 e. The molecule has 0 amide bonds. The minimum absolute atomic E-state index is 0.0957. The van der Waals surface area contributed by atoms with Crippen molar-refractivity contribution in [3.05, 3.63) is 53.2 Å². The van der Waals surface area contributed by atoms with Gasteiger partial charge in [-0.2, -0.15) is 0 Å². The van der Waals surface area contributed by atoms with Crippen molar-refractivity contribution < 1.29 is 0 Å². The van der Waals surface area contributed by atoms with Gasteiger partial charge in [-0.25, -0.2) is 9.97 Å². The number of aromatic amines is 2. The fourth-order valence-electron chi connectivity index (χ4n) is 4.10. The zero-order chi connectivity index (χ0) is 19.8. The number of nitrogens with one attached hydrogen (secondary N) is 4. The summed E-state index contributed by atoms with van der Waals surface area (Å²) < 4.78 is 0. The number of pyridine rings is 1. The van der Waals surface area contributed by atoms with E-state index in [9.17, 15) is 4.79 Å². The molecule has 8 nitrogen and oxygen atoms in total. The summed E-state index contributed by atoms with van der Waals surface area (Å²) in [5.41, 5.74) is 8.52. The summed E-state index contributed by atoms with van der Waals surface area (Å²) in [5.74, 6) is 1.14. The molecule has 0 bridgehead atoms. The standard InChI is InChI=1S/C21H23N7O/c22-13-4-1-2-5-16(13)26-18-10-17-19(21(29)25-11-24-17)20(28-18)27-15-7-3-6-14-12(15)8-9-23-14/h3,6-11,13,16,23H,1-2,4-5,22H2,(H,24,25,29)(H2,26,27,28). The molecule has 1 saturated carbocycles. The van der Waals surface area contributed by atoms with Crippen LogP contribution in [0, 0.1) is 0 Å². The maximum atomic E-state index is 12.5. The van der Waals surface area contributed by atoms with Gasteiger partial charge in [0.1, 0.15) is 17.0 Å². The van der Waals surface area contributed by atoms with Crippen molar-refractivity contribution in [3.63, 3.8) is 0 Å². The fourth-order valence-corrected chi connectivity index (χ4v) is 4.10. The van der Waals surface area contributed by atoms with Gasteiger partial charge in [0.25, 0.3) is 5.56 Å². The van der Waals surface area contributed by atoms with E-state index in [0.717, 1.165) is 42.3 Å². The molecule has 2 atom stereocenters. The van der Waals surface area contributed by atoms with E-state index >= 15 is 0 Å². The van der Waals surface area contributed by atoms with Gasteiger partial charge in [0.2, 0.25) is 0 Å². The third-order valence-corrected chi connectivity index (χ3v) is 5.63. The molecule has 4 aromatic rings. The van der Waals surface area contributed by atoms with Crippen LogP contribution in [0.1, 0.15) is 25.7 Å². The summed E-state index contributed by atoms with van der Waals surface area (Å²) in [6.07, 6.45) is 7.63. The number of fused-ring (bicyclic) bond motifs is 2. The van der Waals surface area contributed by atoms with Gasteiger partial charge in [-0.05, 0) is 31.0 Å². The van der Waals surface area contributed by atoms with Gasteiger partial charge in [-0.1, -0.05) is 18.9 Å². The van der Waals surface area contributed by atoms with Crippen LogP contribution >= 0.6 is 0 Å². The highest BCUT2D eigenvalue weighted by atomic mass is 16.1. The van der Waals surface area contributed by atoms with Crippen molar-refractivity contribution in [1.29, 1.82) is 0 Å². The van der Waals surface area contributed by atoms with E-state index in [1.807, 2.05) is 36.5 Å². The molecule has 0 radical (unpaired) electrons. The molecule has 3 heterocycles. The van der Waals surface area contributed by atoms with Crippen LogP contribution in [0.25, 0.3) is 21.8 Å². The summed E-state index contributed by atoms with van der Waals surface area (Å²) in [4.78, 5) is 27.5. The molecule has 8 heteroatoms. The Morgan fingerprint density at radius 1 is 1.14 bits per heavy atom. The molecule has 1 aliphatic carbocycles. The number of hydrogen-bond donors (Lipinski definition) is 5. The average Bonchev–Trinajstić information content (AvgIpc) is 3.20. The quantitative estimate of drug-likeness (QED) is 0.365. The predicted molar refractivity (Wildman–Crippen MR) is 116 cm³/mol. The largest absolute Gasteiger partial charge is 0.366 e. The molecule has 1 fully saturated rings. The molecule has 0 saturated heterocycles. The first-order valence-corrected chi connectivity index (χ1v) is 9.93. The molecular formula is C21H23N7O. The van der Waals surface area contributed by atoms with E-state index in [2.05, 4.69) is 25.6 Å². The smallest absolute Gasteiger partial charge is 0.262 e. The average molecular weight is 389 g/mol. The molecule has 2 unspecified atom stereocenters. The van der Waals surface area contributed by atoms with Crippen molar-refractivity contribution in [3.8, 4) is 0 Å². The lowest BCUT2D eigenvalue weighted by atomic mass is 9.91. The summed E-state index contributed by atoms with van der Waals surface area (Å²) in [6.45, 7) is 0. The summed E-state index contributed by atoms with van der Waals surface area (Å²) >= 11 is 0. The number of nitrogens with zero attached hydrogens (tertiary/aromatic N) is 2. The molecule has 148 valence electrons. The second-order valence-electron chi connectivity index (χ2n) is 7.55. The van der Waals surface area contributed by atoms with E-state index in [0.29, 0.717) is 22.5 Å². The molecule has 3 aromatic heterocycles. The van der Waals surface area contributed by atoms with Gasteiger partial charge >= 0.3 is 0 Å². The molecule has 0 aliphatic heterocycles. The lowest BCUT2D eigenvalue weighted by Crippen LogP contribution is -2.42. The van der Waals surface area contributed by atoms with Crippen LogP contribution in [0.5, 0.6) is 0 Å². The third kappa shape index (κ3) is 3.31. The van der Waals surface area contributed by atoms with Crippen molar-refractivity contribution in [2.75, 3.05) is 10.6 Å². The second-order valence-corrected chi connectivity index (χ2v) is 7.55. The molecule has 5 rings (SSSR count). The Kier molecular flexibility index (Phi) is 4.40. The number of hydrogen-bond acceptors (Lipinski definition) is 6. The topological polar surface area (TPSA) is 125 Å². The first-order valence-electron chi connectivity index (χ1n) is 9.93. The van der Waals surface area contributed by atoms with Crippen LogP contribution < -0.4 is 21.9 Å². The number of benzene rings is 1.